The highest BCUT2D eigenvalue weighted by atomic mass is 16.5. The molecule has 0 spiro atoms. The van der Waals surface area contributed by atoms with E-state index in [0.29, 0.717) is 6.61 Å². The number of benzene rings is 4. The largest absolute Gasteiger partial charge is 0.508 e. The molecule has 118 valence electrons. The van der Waals surface area contributed by atoms with Crippen LogP contribution >= 0.6 is 0 Å². The van der Waals surface area contributed by atoms with E-state index in [1.807, 2.05) is 42.5 Å². The van der Waals surface area contributed by atoms with Gasteiger partial charge < -0.3 is 14.9 Å². The molecule has 0 bridgehead atoms. The van der Waals surface area contributed by atoms with Gasteiger partial charge in [0.05, 0.1) is 0 Å². The van der Waals surface area contributed by atoms with Crippen molar-refractivity contribution < 1.29 is 14.9 Å². The van der Waals surface area contributed by atoms with E-state index in [-0.39, 0.29) is 11.5 Å². The maximum absolute atomic E-state index is 9.51. The molecule has 4 aromatic carbocycles. The van der Waals surface area contributed by atoms with Crippen LogP contribution in [0.5, 0.6) is 17.2 Å². The minimum Gasteiger partial charge on any atom is -0.508 e. The predicted molar refractivity (Wildman–Crippen MR) is 95.6 cm³/mol. The second-order valence-corrected chi connectivity index (χ2v) is 5.85. The molecule has 0 aliphatic heterocycles. The maximum Gasteiger partial charge on any atom is 0.120 e. The summed E-state index contributed by atoms with van der Waals surface area (Å²) >= 11 is 0. The molecule has 0 atom stereocenters. The van der Waals surface area contributed by atoms with Crippen LogP contribution in [0.2, 0.25) is 0 Å². The highest BCUT2D eigenvalue weighted by Crippen LogP contribution is 2.26. The first-order chi connectivity index (χ1) is 11.7. The Hall–Kier alpha value is -3.20. The fraction of sp³-hybridized carbons (Fsp3) is 0.0476. The molecular formula is C21H16O3. The van der Waals surface area contributed by atoms with Crippen LogP contribution in [0.4, 0.5) is 0 Å². The summed E-state index contributed by atoms with van der Waals surface area (Å²) in [7, 11) is 0. The predicted octanol–water partition coefficient (Wildman–Crippen LogP) is 4.98. The monoisotopic (exact) mass is 316 g/mol. The van der Waals surface area contributed by atoms with Crippen LogP contribution in [-0.4, -0.2) is 10.2 Å². The van der Waals surface area contributed by atoms with Gasteiger partial charge in [-0.05, 0) is 69.6 Å². The van der Waals surface area contributed by atoms with E-state index >= 15 is 0 Å². The Morgan fingerprint density at radius 3 is 1.83 bits per heavy atom. The summed E-state index contributed by atoms with van der Waals surface area (Å²) in [6, 6.07) is 22.5. The Balaban J connectivity index is 1.56. The summed E-state index contributed by atoms with van der Waals surface area (Å²) in [6.07, 6.45) is 0. The third-order valence-corrected chi connectivity index (χ3v) is 4.09. The number of phenolic OH excluding ortho intramolecular Hbond substituents is 2. The molecule has 4 rings (SSSR count). The van der Waals surface area contributed by atoms with Crippen molar-refractivity contribution in [1.82, 2.24) is 0 Å². The van der Waals surface area contributed by atoms with Crippen LogP contribution in [0.3, 0.4) is 0 Å². The fourth-order valence-electron chi connectivity index (χ4n) is 2.84. The minimum atomic E-state index is 0.262. The second-order valence-electron chi connectivity index (χ2n) is 5.85. The molecule has 24 heavy (non-hydrogen) atoms. The molecule has 4 aromatic rings. The van der Waals surface area contributed by atoms with E-state index in [2.05, 4.69) is 6.07 Å². The van der Waals surface area contributed by atoms with E-state index in [9.17, 15) is 10.2 Å². The number of fused-ring (bicyclic) bond motifs is 2. The average Bonchev–Trinajstić information content (AvgIpc) is 2.60. The first-order valence-corrected chi connectivity index (χ1v) is 7.75. The molecule has 0 unspecified atom stereocenters. The Labute approximate surface area is 139 Å². The van der Waals surface area contributed by atoms with Gasteiger partial charge in [-0.1, -0.05) is 30.3 Å². The van der Waals surface area contributed by atoms with Crippen molar-refractivity contribution in [3.63, 3.8) is 0 Å². The summed E-state index contributed by atoms with van der Waals surface area (Å²) in [4.78, 5) is 0. The van der Waals surface area contributed by atoms with Gasteiger partial charge in [0.15, 0.2) is 0 Å². The molecule has 0 heterocycles. The topological polar surface area (TPSA) is 49.7 Å². The summed E-state index contributed by atoms with van der Waals surface area (Å²) in [5.41, 5.74) is 1.07. The molecule has 0 fully saturated rings. The summed E-state index contributed by atoms with van der Waals surface area (Å²) in [5, 5.41) is 23.1. The number of phenols is 2. The molecule has 2 N–H and O–H groups in total. The molecule has 0 aliphatic carbocycles. The van der Waals surface area contributed by atoms with Crippen molar-refractivity contribution in [2.45, 2.75) is 6.61 Å². The molecule has 3 nitrogen and oxygen atoms in total. The van der Waals surface area contributed by atoms with Gasteiger partial charge in [-0.2, -0.15) is 0 Å². The van der Waals surface area contributed by atoms with Gasteiger partial charge >= 0.3 is 0 Å². The van der Waals surface area contributed by atoms with Crippen molar-refractivity contribution in [2.24, 2.45) is 0 Å². The number of ether oxygens (including phenoxy) is 1. The highest BCUT2D eigenvalue weighted by molar-refractivity contribution is 5.85. The quantitative estimate of drug-likeness (QED) is 0.560. The number of hydrogen-bond acceptors (Lipinski definition) is 3. The Morgan fingerprint density at radius 2 is 1.12 bits per heavy atom. The van der Waals surface area contributed by atoms with Crippen molar-refractivity contribution in [1.29, 1.82) is 0 Å². The summed E-state index contributed by atoms with van der Waals surface area (Å²) in [6.45, 7) is 0.473. The lowest BCUT2D eigenvalue weighted by atomic mass is 10.1. The summed E-state index contributed by atoms with van der Waals surface area (Å²) < 4.78 is 5.89. The van der Waals surface area contributed by atoms with E-state index in [0.717, 1.165) is 32.9 Å². The van der Waals surface area contributed by atoms with Gasteiger partial charge in [-0.3, -0.25) is 0 Å². The molecule has 3 heteroatoms. The van der Waals surface area contributed by atoms with E-state index in [4.69, 9.17) is 4.74 Å². The lowest BCUT2D eigenvalue weighted by Crippen LogP contribution is -1.95. The van der Waals surface area contributed by atoms with Crippen molar-refractivity contribution >= 4 is 21.5 Å². The molecule has 0 amide bonds. The lowest BCUT2D eigenvalue weighted by molar-refractivity contribution is 0.307. The SMILES string of the molecule is Oc1ccc2cc(COc3ccc4cc(O)ccc4c3)ccc2c1. The van der Waals surface area contributed by atoms with Crippen molar-refractivity contribution in [3.05, 3.63) is 78.4 Å². The molecule has 0 aliphatic rings. The highest BCUT2D eigenvalue weighted by Gasteiger charge is 2.02. The van der Waals surface area contributed by atoms with Crippen LogP contribution in [-0.2, 0) is 6.61 Å². The number of hydrogen-bond donors (Lipinski definition) is 2. The number of rotatable bonds is 3. The molecular weight excluding hydrogens is 300 g/mol. The van der Waals surface area contributed by atoms with E-state index < -0.39 is 0 Å². The summed E-state index contributed by atoms with van der Waals surface area (Å²) in [5.74, 6) is 1.33. The normalized spacial score (nSPS) is 11.0. The zero-order chi connectivity index (χ0) is 16.5. The first-order valence-electron chi connectivity index (χ1n) is 7.75. The number of aromatic hydroxyl groups is 2. The van der Waals surface area contributed by atoms with Gasteiger partial charge in [0, 0.05) is 0 Å². The molecule has 0 saturated heterocycles. The Morgan fingerprint density at radius 1 is 0.583 bits per heavy atom. The van der Waals surface area contributed by atoms with Crippen LogP contribution in [0, 0.1) is 0 Å². The van der Waals surface area contributed by atoms with E-state index in [1.165, 1.54) is 0 Å². The van der Waals surface area contributed by atoms with Crippen molar-refractivity contribution in [3.8, 4) is 17.2 Å². The van der Waals surface area contributed by atoms with Crippen LogP contribution in [0.1, 0.15) is 5.56 Å². The van der Waals surface area contributed by atoms with Crippen LogP contribution in [0.15, 0.2) is 72.8 Å². The zero-order valence-corrected chi connectivity index (χ0v) is 12.9. The van der Waals surface area contributed by atoms with Crippen molar-refractivity contribution in [2.75, 3.05) is 0 Å². The Bertz CT molecular complexity index is 952. The fourth-order valence-corrected chi connectivity index (χ4v) is 2.84. The molecule has 0 saturated carbocycles. The van der Waals surface area contributed by atoms with Gasteiger partial charge in [-0.25, -0.2) is 0 Å². The van der Waals surface area contributed by atoms with E-state index in [1.54, 1.807) is 24.3 Å². The van der Waals surface area contributed by atoms with Gasteiger partial charge in [0.2, 0.25) is 0 Å². The average molecular weight is 316 g/mol. The van der Waals surface area contributed by atoms with Crippen LogP contribution < -0.4 is 4.74 Å². The standard InChI is InChI=1S/C21H16O3/c22-19-6-3-15-9-14(1-2-16(15)10-19)13-24-21-8-5-17-11-20(23)7-4-18(17)12-21/h1-12,22-23H,13H2. The van der Waals surface area contributed by atoms with Gasteiger partial charge in [-0.15, -0.1) is 0 Å². The molecule has 0 aromatic heterocycles. The third-order valence-electron chi connectivity index (χ3n) is 4.09. The minimum absolute atomic E-state index is 0.262. The third kappa shape index (κ3) is 2.84. The first kappa shape index (κ1) is 14.4. The molecule has 0 radical (unpaired) electrons. The smallest absolute Gasteiger partial charge is 0.120 e. The van der Waals surface area contributed by atoms with Crippen LogP contribution in [0.25, 0.3) is 21.5 Å². The zero-order valence-electron chi connectivity index (χ0n) is 12.9. The lowest BCUT2D eigenvalue weighted by Gasteiger charge is -2.09. The maximum atomic E-state index is 9.51. The van der Waals surface area contributed by atoms with Gasteiger partial charge in [0.1, 0.15) is 23.9 Å². The second kappa shape index (κ2) is 5.78. The van der Waals surface area contributed by atoms with Gasteiger partial charge in [0.25, 0.3) is 0 Å². The Kier molecular flexibility index (Phi) is 3.47.